The van der Waals surface area contributed by atoms with Gasteiger partial charge < -0.3 is 9.84 Å². The fourth-order valence-corrected chi connectivity index (χ4v) is 1.45. The maximum atomic E-state index is 9.58. The highest BCUT2D eigenvalue weighted by atomic mass is 16.6. The third kappa shape index (κ3) is 3.32. The summed E-state index contributed by atoms with van der Waals surface area (Å²) in [7, 11) is 0. The molecule has 1 N–H and O–H groups in total. The largest absolute Gasteiger partial charge is 0.378 e. The van der Waals surface area contributed by atoms with Crippen LogP contribution in [0.15, 0.2) is 0 Å². The molecule has 80 valence electrons. The van der Waals surface area contributed by atoms with Gasteiger partial charge in [0.25, 0.3) is 0 Å². The molecule has 1 aliphatic rings. The van der Waals surface area contributed by atoms with Crippen LogP contribution < -0.4 is 0 Å². The number of rotatable bonds is 4. The number of aliphatic hydroxyl groups excluding tert-OH is 1. The normalized spacial score (nSPS) is 25.0. The van der Waals surface area contributed by atoms with Crippen LogP contribution in [0.25, 0.3) is 0 Å². The molecule has 0 aromatic heterocycles. The monoisotopic (exact) mass is 196 g/mol. The molecule has 1 rings (SSSR count). The summed E-state index contributed by atoms with van der Waals surface area (Å²) in [4.78, 5) is 0. The first kappa shape index (κ1) is 11.6. The van der Waals surface area contributed by atoms with E-state index < -0.39 is 6.10 Å². The van der Waals surface area contributed by atoms with Crippen molar-refractivity contribution in [2.24, 2.45) is 0 Å². The van der Waals surface area contributed by atoms with Gasteiger partial charge in [0.15, 0.2) is 0 Å². The van der Waals surface area contributed by atoms with E-state index in [4.69, 9.17) is 4.74 Å². The SMILES string of the molecule is CCCCCC#CC(O)C1OC1(C)C. The molecule has 2 heteroatoms. The Hall–Kier alpha value is -0.520. The average molecular weight is 196 g/mol. The molecular formula is C12H20O2. The molecular weight excluding hydrogens is 176 g/mol. The number of epoxide rings is 1. The van der Waals surface area contributed by atoms with Gasteiger partial charge in [0.05, 0.1) is 5.60 Å². The molecule has 0 saturated carbocycles. The Bertz CT molecular complexity index is 234. The van der Waals surface area contributed by atoms with Gasteiger partial charge in [-0.05, 0) is 20.3 Å². The molecule has 1 heterocycles. The molecule has 14 heavy (non-hydrogen) atoms. The van der Waals surface area contributed by atoms with Crippen molar-refractivity contribution in [2.75, 3.05) is 0 Å². The lowest BCUT2D eigenvalue weighted by Crippen LogP contribution is -2.18. The molecule has 0 aliphatic carbocycles. The van der Waals surface area contributed by atoms with Crippen molar-refractivity contribution in [2.45, 2.75) is 64.3 Å². The molecule has 1 fully saturated rings. The highest BCUT2D eigenvalue weighted by molar-refractivity contribution is 5.14. The van der Waals surface area contributed by atoms with Crippen LogP contribution in [0.4, 0.5) is 0 Å². The summed E-state index contributed by atoms with van der Waals surface area (Å²) in [5.41, 5.74) is -0.169. The first-order valence-electron chi connectivity index (χ1n) is 5.42. The number of unbranched alkanes of at least 4 members (excludes halogenated alkanes) is 3. The third-order valence-electron chi connectivity index (χ3n) is 2.50. The van der Waals surface area contributed by atoms with Crippen molar-refractivity contribution in [1.29, 1.82) is 0 Å². The van der Waals surface area contributed by atoms with Crippen LogP contribution in [-0.2, 0) is 4.74 Å². The van der Waals surface area contributed by atoms with Gasteiger partial charge in [0.1, 0.15) is 12.2 Å². The summed E-state index contributed by atoms with van der Waals surface area (Å²) >= 11 is 0. The van der Waals surface area contributed by atoms with Crippen molar-refractivity contribution >= 4 is 0 Å². The summed E-state index contributed by atoms with van der Waals surface area (Å²) in [6, 6.07) is 0. The predicted octanol–water partition coefficient (Wildman–Crippen LogP) is 2.11. The fourth-order valence-electron chi connectivity index (χ4n) is 1.45. The van der Waals surface area contributed by atoms with Gasteiger partial charge in [-0.25, -0.2) is 0 Å². The van der Waals surface area contributed by atoms with Crippen LogP contribution in [0.5, 0.6) is 0 Å². The number of hydrogen-bond donors (Lipinski definition) is 1. The van der Waals surface area contributed by atoms with Gasteiger partial charge in [-0.15, -0.1) is 5.92 Å². The summed E-state index contributed by atoms with van der Waals surface area (Å²) in [5, 5.41) is 9.58. The van der Waals surface area contributed by atoms with Crippen molar-refractivity contribution in [3.63, 3.8) is 0 Å². The van der Waals surface area contributed by atoms with Gasteiger partial charge in [-0.1, -0.05) is 25.7 Å². The molecule has 2 unspecified atom stereocenters. The zero-order valence-electron chi connectivity index (χ0n) is 9.34. The van der Waals surface area contributed by atoms with Crippen molar-refractivity contribution in [3.05, 3.63) is 0 Å². The summed E-state index contributed by atoms with van der Waals surface area (Å²) in [5.74, 6) is 5.84. The van der Waals surface area contributed by atoms with Crippen LogP contribution >= 0.6 is 0 Å². The van der Waals surface area contributed by atoms with Gasteiger partial charge in [0.2, 0.25) is 0 Å². The van der Waals surface area contributed by atoms with Crippen LogP contribution in [0.3, 0.4) is 0 Å². The molecule has 1 aliphatic heterocycles. The topological polar surface area (TPSA) is 32.8 Å². The van der Waals surface area contributed by atoms with Crippen molar-refractivity contribution in [3.8, 4) is 11.8 Å². The van der Waals surface area contributed by atoms with E-state index in [2.05, 4.69) is 18.8 Å². The summed E-state index contributed by atoms with van der Waals surface area (Å²) in [6.45, 7) is 6.11. The lowest BCUT2D eigenvalue weighted by atomic mass is 10.1. The smallest absolute Gasteiger partial charge is 0.143 e. The molecule has 0 aromatic rings. The minimum atomic E-state index is -0.605. The zero-order chi connectivity index (χ0) is 10.6. The maximum Gasteiger partial charge on any atom is 0.143 e. The maximum absolute atomic E-state index is 9.58. The lowest BCUT2D eigenvalue weighted by Gasteiger charge is -1.98. The van der Waals surface area contributed by atoms with Gasteiger partial charge >= 0.3 is 0 Å². The van der Waals surface area contributed by atoms with E-state index in [1.54, 1.807) is 0 Å². The van der Waals surface area contributed by atoms with E-state index in [9.17, 15) is 5.11 Å². The lowest BCUT2D eigenvalue weighted by molar-refractivity contribution is 0.184. The zero-order valence-corrected chi connectivity index (χ0v) is 9.34. The van der Waals surface area contributed by atoms with E-state index in [1.165, 1.54) is 12.8 Å². The van der Waals surface area contributed by atoms with E-state index in [1.807, 2.05) is 13.8 Å². The Morgan fingerprint density at radius 2 is 2.07 bits per heavy atom. The molecule has 0 aromatic carbocycles. The Morgan fingerprint density at radius 3 is 2.57 bits per heavy atom. The quantitative estimate of drug-likeness (QED) is 0.424. The van der Waals surface area contributed by atoms with Crippen LogP contribution in [0, 0.1) is 11.8 Å². The highest BCUT2D eigenvalue weighted by Gasteiger charge is 2.51. The molecule has 1 saturated heterocycles. The van der Waals surface area contributed by atoms with E-state index in [-0.39, 0.29) is 11.7 Å². The molecule has 0 spiro atoms. The first-order chi connectivity index (χ1) is 6.58. The Kier molecular flexibility index (Phi) is 3.97. The van der Waals surface area contributed by atoms with Gasteiger partial charge in [0, 0.05) is 6.42 Å². The van der Waals surface area contributed by atoms with Crippen molar-refractivity contribution in [1.82, 2.24) is 0 Å². The highest BCUT2D eigenvalue weighted by Crippen LogP contribution is 2.37. The summed E-state index contributed by atoms with van der Waals surface area (Å²) in [6.07, 6.45) is 3.76. The molecule has 2 atom stereocenters. The van der Waals surface area contributed by atoms with Crippen LogP contribution in [0.2, 0.25) is 0 Å². The Morgan fingerprint density at radius 1 is 1.43 bits per heavy atom. The van der Waals surface area contributed by atoms with Gasteiger partial charge in [-0.2, -0.15) is 0 Å². The summed E-state index contributed by atoms with van der Waals surface area (Å²) < 4.78 is 5.29. The second-order valence-electron chi connectivity index (χ2n) is 4.36. The predicted molar refractivity (Wildman–Crippen MR) is 56.9 cm³/mol. The molecule has 0 radical (unpaired) electrons. The van der Waals surface area contributed by atoms with Crippen LogP contribution in [-0.4, -0.2) is 22.9 Å². The first-order valence-corrected chi connectivity index (χ1v) is 5.42. The number of hydrogen-bond acceptors (Lipinski definition) is 2. The average Bonchev–Trinajstić information content (AvgIpc) is 2.75. The van der Waals surface area contributed by atoms with Gasteiger partial charge in [-0.3, -0.25) is 0 Å². The minimum Gasteiger partial charge on any atom is -0.378 e. The fraction of sp³-hybridized carbons (Fsp3) is 0.833. The molecule has 2 nitrogen and oxygen atoms in total. The minimum absolute atomic E-state index is 0.0822. The Balaban J connectivity index is 2.17. The standard InChI is InChI=1S/C12H20O2/c1-4-5-6-7-8-9-10(13)11-12(2,3)14-11/h10-11,13H,4-7H2,1-3H3. The molecule has 0 amide bonds. The Labute approximate surface area is 86.7 Å². The van der Waals surface area contributed by atoms with E-state index >= 15 is 0 Å². The second-order valence-corrected chi connectivity index (χ2v) is 4.36. The number of aliphatic hydroxyl groups is 1. The number of ether oxygens (including phenoxy) is 1. The second kappa shape index (κ2) is 4.82. The van der Waals surface area contributed by atoms with E-state index in [0.29, 0.717) is 0 Å². The van der Waals surface area contributed by atoms with E-state index in [0.717, 1.165) is 12.8 Å². The van der Waals surface area contributed by atoms with Crippen LogP contribution in [0.1, 0.15) is 46.5 Å². The molecule has 0 bridgehead atoms. The third-order valence-corrected chi connectivity index (χ3v) is 2.50. The van der Waals surface area contributed by atoms with Crippen molar-refractivity contribution < 1.29 is 9.84 Å².